The monoisotopic (exact) mass is 287 g/mol. The SMILES string of the molecule is Cl/C=C/CNCCCCCI. The number of alkyl halides is 1. The summed E-state index contributed by atoms with van der Waals surface area (Å²) in [6, 6.07) is 0. The average molecular weight is 288 g/mol. The Kier molecular flexibility index (Phi) is 11.4. The standard InChI is InChI=1S/C8H15ClIN/c9-5-4-8-11-7-3-1-2-6-10/h4-5,11H,1-3,6-8H2/b5-4+. The van der Waals surface area contributed by atoms with Crippen molar-refractivity contribution in [3.8, 4) is 0 Å². The first-order valence-electron chi connectivity index (χ1n) is 3.93. The average Bonchev–Trinajstić information content (AvgIpc) is 2.03. The molecule has 1 N–H and O–H groups in total. The number of halogens is 2. The van der Waals surface area contributed by atoms with Gasteiger partial charge in [-0.2, -0.15) is 0 Å². The third kappa shape index (κ3) is 10.7. The molecular weight excluding hydrogens is 272 g/mol. The van der Waals surface area contributed by atoms with E-state index in [-0.39, 0.29) is 0 Å². The summed E-state index contributed by atoms with van der Waals surface area (Å²) in [6.45, 7) is 2.01. The van der Waals surface area contributed by atoms with Gasteiger partial charge in [0.1, 0.15) is 0 Å². The summed E-state index contributed by atoms with van der Waals surface area (Å²) >= 11 is 7.76. The number of unbranched alkanes of at least 4 members (excludes halogenated alkanes) is 2. The molecule has 0 aliphatic rings. The van der Waals surface area contributed by atoms with Crippen molar-refractivity contribution in [1.29, 1.82) is 0 Å². The van der Waals surface area contributed by atoms with Crippen molar-refractivity contribution in [3.63, 3.8) is 0 Å². The maximum Gasteiger partial charge on any atom is 0.0146 e. The molecule has 0 fully saturated rings. The summed E-state index contributed by atoms with van der Waals surface area (Å²) in [5, 5.41) is 3.27. The van der Waals surface area contributed by atoms with Crippen LogP contribution in [0.3, 0.4) is 0 Å². The van der Waals surface area contributed by atoms with Crippen LogP contribution < -0.4 is 5.32 Å². The molecule has 0 radical (unpaired) electrons. The highest BCUT2D eigenvalue weighted by Gasteiger charge is 1.85. The van der Waals surface area contributed by atoms with Gasteiger partial charge >= 0.3 is 0 Å². The second-order valence-electron chi connectivity index (χ2n) is 2.32. The summed E-state index contributed by atoms with van der Waals surface area (Å²) < 4.78 is 1.28. The smallest absolute Gasteiger partial charge is 0.0146 e. The minimum Gasteiger partial charge on any atom is -0.313 e. The van der Waals surface area contributed by atoms with Gasteiger partial charge in [-0.1, -0.05) is 46.7 Å². The molecular formula is C8H15ClIN. The molecule has 0 heterocycles. The van der Waals surface area contributed by atoms with E-state index in [0.717, 1.165) is 13.1 Å². The Balaban J connectivity index is 2.79. The van der Waals surface area contributed by atoms with Gasteiger partial charge in [-0.05, 0) is 23.8 Å². The molecule has 11 heavy (non-hydrogen) atoms. The molecule has 0 aromatic rings. The molecule has 0 saturated heterocycles. The lowest BCUT2D eigenvalue weighted by Crippen LogP contribution is -2.14. The number of nitrogens with one attached hydrogen (secondary N) is 1. The predicted octanol–water partition coefficient (Wildman–Crippen LogP) is 2.93. The maximum absolute atomic E-state index is 5.34. The molecule has 0 saturated carbocycles. The largest absolute Gasteiger partial charge is 0.313 e. The van der Waals surface area contributed by atoms with Crippen molar-refractivity contribution in [1.82, 2.24) is 5.32 Å². The Bertz CT molecular complexity index is 96.1. The van der Waals surface area contributed by atoms with Crippen molar-refractivity contribution in [2.75, 3.05) is 17.5 Å². The molecule has 1 nitrogen and oxygen atoms in total. The fourth-order valence-electron chi connectivity index (χ4n) is 0.751. The third-order valence-electron chi connectivity index (χ3n) is 1.34. The molecule has 0 bridgehead atoms. The first kappa shape index (κ1) is 11.7. The second-order valence-corrected chi connectivity index (χ2v) is 3.65. The van der Waals surface area contributed by atoms with Gasteiger partial charge in [0.25, 0.3) is 0 Å². The zero-order chi connectivity index (χ0) is 8.36. The van der Waals surface area contributed by atoms with Gasteiger partial charge in [-0.15, -0.1) is 0 Å². The third-order valence-corrected chi connectivity index (χ3v) is 2.28. The van der Waals surface area contributed by atoms with Crippen LogP contribution in [0.15, 0.2) is 11.6 Å². The molecule has 0 amide bonds. The van der Waals surface area contributed by atoms with Gasteiger partial charge in [-0.25, -0.2) is 0 Å². The fraction of sp³-hybridized carbons (Fsp3) is 0.750. The van der Waals surface area contributed by atoms with Crippen LogP contribution in [-0.2, 0) is 0 Å². The highest BCUT2D eigenvalue weighted by atomic mass is 127. The minimum atomic E-state index is 0.897. The van der Waals surface area contributed by atoms with Gasteiger partial charge in [0, 0.05) is 12.1 Å². The summed E-state index contributed by atoms with van der Waals surface area (Å²) in [5.74, 6) is 0. The lowest BCUT2D eigenvalue weighted by atomic mass is 10.2. The maximum atomic E-state index is 5.34. The lowest BCUT2D eigenvalue weighted by Gasteiger charge is -1.99. The number of hydrogen-bond acceptors (Lipinski definition) is 1. The fourth-order valence-corrected chi connectivity index (χ4v) is 1.38. The Hall–Kier alpha value is 0.720. The van der Waals surface area contributed by atoms with E-state index >= 15 is 0 Å². The zero-order valence-electron chi connectivity index (χ0n) is 6.65. The number of rotatable bonds is 7. The summed E-state index contributed by atoms with van der Waals surface area (Å²) in [7, 11) is 0. The predicted molar refractivity (Wildman–Crippen MR) is 60.6 cm³/mol. The van der Waals surface area contributed by atoms with E-state index in [0.29, 0.717) is 0 Å². The molecule has 0 aliphatic heterocycles. The first-order chi connectivity index (χ1) is 5.41. The normalized spacial score (nSPS) is 11.1. The molecule has 0 atom stereocenters. The van der Waals surface area contributed by atoms with E-state index in [9.17, 15) is 0 Å². The Morgan fingerprint density at radius 2 is 2.09 bits per heavy atom. The molecule has 0 aliphatic carbocycles. The van der Waals surface area contributed by atoms with Crippen molar-refractivity contribution in [3.05, 3.63) is 11.6 Å². The van der Waals surface area contributed by atoms with E-state index in [2.05, 4.69) is 27.9 Å². The Morgan fingerprint density at radius 1 is 1.27 bits per heavy atom. The second kappa shape index (κ2) is 10.7. The van der Waals surface area contributed by atoms with Gasteiger partial charge in [0.2, 0.25) is 0 Å². The van der Waals surface area contributed by atoms with Gasteiger partial charge in [-0.3, -0.25) is 0 Å². The van der Waals surface area contributed by atoms with E-state index in [4.69, 9.17) is 11.6 Å². The van der Waals surface area contributed by atoms with Crippen molar-refractivity contribution in [2.24, 2.45) is 0 Å². The van der Waals surface area contributed by atoms with Gasteiger partial charge < -0.3 is 5.32 Å². The van der Waals surface area contributed by atoms with E-state index in [1.165, 1.54) is 23.7 Å². The zero-order valence-corrected chi connectivity index (χ0v) is 9.57. The van der Waals surface area contributed by atoms with Crippen LogP contribution in [0.25, 0.3) is 0 Å². The van der Waals surface area contributed by atoms with Crippen LogP contribution in [0, 0.1) is 0 Å². The van der Waals surface area contributed by atoms with Crippen LogP contribution in [0.4, 0.5) is 0 Å². The van der Waals surface area contributed by atoms with Crippen molar-refractivity contribution < 1.29 is 0 Å². The van der Waals surface area contributed by atoms with E-state index < -0.39 is 0 Å². The van der Waals surface area contributed by atoms with Crippen molar-refractivity contribution in [2.45, 2.75) is 19.3 Å². The molecule has 3 heteroatoms. The van der Waals surface area contributed by atoms with E-state index in [1.807, 2.05) is 6.08 Å². The summed E-state index contributed by atoms with van der Waals surface area (Å²) in [5.41, 5.74) is 1.55. The molecule has 0 aromatic carbocycles. The molecule has 66 valence electrons. The first-order valence-corrected chi connectivity index (χ1v) is 5.90. The Labute approximate surface area is 87.7 Å². The minimum absolute atomic E-state index is 0.897. The topological polar surface area (TPSA) is 12.0 Å². The highest BCUT2D eigenvalue weighted by Crippen LogP contribution is 1.97. The van der Waals surface area contributed by atoms with Gasteiger partial charge in [0.15, 0.2) is 0 Å². The molecule has 0 rings (SSSR count). The van der Waals surface area contributed by atoms with Crippen LogP contribution >= 0.6 is 34.2 Å². The molecule has 0 spiro atoms. The molecule has 0 unspecified atom stereocenters. The lowest BCUT2D eigenvalue weighted by molar-refractivity contribution is 0.651. The molecule has 0 aromatic heterocycles. The summed E-state index contributed by atoms with van der Waals surface area (Å²) in [6.07, 6.45) is 5.87. The summed E-state index contributed by atoms with van der Waals surface area (Å²) in [4.78, 5) is 0. The van der Waals surface area contributed by atoms with Crippen LogP contribution in [-0.4, -0.2) is 17.5 Å². The quantitative estimate of drug-likeness (QED) is 0.431. The highest BCUT2D eigenvalue weighted by molar-refractivity contribution is 14.1. The number of hydrogen-bond donors (Lipinski definition) is 1. The van der Waals surface area contributed by atoms with Crippen LogP contribution in [0.1, 0.15) is 19.3 Å². The van der Waals surface area contributed by atoms with Crippen molar-refractivity contribution >= 4 is 34.2 Å². The van der Waals surface area contributed by atoms with Crippen LogP contribution in [0.5, 0.6) is 0 Å². The van der Waals surface area contributed by atoms with Crippen LogP contribution in [0.2, 0.25) is 0 Å². The Morgan fingerprint density at radius 3 is 2.73 bits per heavy atom. The van der Waals surface area contributed by atoms with Gasteiger partial charge in [0.05, 0.1) is 0 Å². The van der Waals surface area contributed by atoms with E-state index in [1.54, 1.807) is 5.54 Å².